The molecule has 0 radical (unpaired) electrons. The lowest BCUT2D eigenvalue weighted by atomic mass is 9.99. The van der Waals surface area contributed by atoms with Gasteiger partial charge in [-0.3, -0.25) is 4.79 Å². The minimum absolute atomic E-state index is 0.489. The van der Waals surface area contributed by atoms with E-state index in [4.69, 9.17) is 9.84 Å². The Morgan fingerprint density at radius 1 is 1.71 bits per heavy atom. The van der Waals surface area contributed by atoms with Crippen molar-refractivity contribution in [1.82, 2.24) is 0 Å². The van der Waals surface area contributed by atoms with Gasteiger partial charge in [-0.1, -0.05) is 25.5 Å². The summed E-state index contributed by atoms with van der Waals surface area (Å²) in [4.78, 5) is 10.8. The third kappa shape index (κ3) is 2.91. The number of aliphatic carboxylic acids is 1. The predicted molar refractivity (Wildman–Crippen MR) is 53.8 cm³/mol. The van der Waals surface area contributed by atoms with Crippen molar-refractivity contribution in [3.8, 4) is 0 Å². The van der Waals surface area contributed by atoms with Gasteiger partial charge >= 0.3 is 5.97 Å². The first-order chi connectivity index (χ1) is 6.75. The normalized spacial score (nSPS) is 20.4. The van der Waals surface area contributed by atoms with Gasteiger partial charge in [0.05, 0.1) is 6.61 Å². The van der Waals surface area contributed by atoms with E-state index in [0.29, 0.717) is 18.8 Å². The number of carboxylic acid groups (broad SMARTS) is 1. The van der Waals surface area contributed by atoms with E-state index in [9.17, 15) is 4.79 Å². The molecule has 1 unspecified atom stereocenters. The Bertz CT molecular complexity index is 253. The second-order valence-corrected chi connectivity index (χ2v) is 3.33. The Kier molecular flexibility index (Phi) is 4.23. The zero-order valence-corrected chi connectivity index (χ0v) is 8.40. The van der Waals surface area contributed by atoms with Gasteiger partial charge < -0.3 is 9.84 Å². The van der Waals surface area contributed by atoms with Crippen LogP contribution >= 0.6 is 0 Å². The van der Waals surface area contributed by atoms with Crippen LogP contribution in [0.3, 0.4) is 0 Å². The van der Waals surface area contributed by atoms with Crippen molar-refractivity contribution in [3.05, 3.63) is 24.0 Å². The molecule has 1 atom stereocenters. The van der Waals surface area contributed by atoms with Crippen molar-refractivity contribution in [2.75, 3.05) is 6.61 Å². The Morgan fingerprint density at radius 2 is 2.50 bits per heavy atom. The van der Waals surface area contributed by atoms with Gasteiger partial charge in [-0.15, -0.1) is 0 Å². The fourth-order valence-electron chi connectivity index (χ4n) is 1.32. The van der Waals surface area contributed by atoms with Crippen molar-refractivity contribution in [1.29, 1.82) is 0 Å². The van der Waals surface area contributed by atoms with Gasteiger partial charge in [0.25, 0.3) is 0 Å². The summed E-state index contributed by atoms with van der Waals surface area (Å²) in [5.41, 5.74) is 0. The maximum Gasteiger partial charge on any atom is 0.314 e. The molecule has 0 aromatic carbocycles. The van der Waals surface area contributed by atoms with Crippen LogP contribution in [0.15, 0.2) is 24.0 Å². The number of carboxylic acids is 1. The molecule has 3 nitrogen and oxygen atoms in total. The molecule has 0 aromatic rings. The molecule has 0 fully saturated rings. The first-order valence-corrected chi connectivity index (χ1v) is 4.98. The standard InChI is InChI=1S/C11H16O3/c1-2-3-8-14-10-7-5-4-6-9(10)11(12)13/h4-5,7,9H,2-3,6,8H2,1H3,(H,12,13). The highest BCUT2D eigenvalue weighted by molar-refractivity contribution is 5.73. The van der Waals surface area contributed by atoms with Crippen LogP contribution in [0.4, 0.5) is 0 Å². The summed E-state index contributed by atoms with van der Waals surface area (Å²) in [6, 6.07) is 0. The van der Waals surface area contributed by atoms with Crippen molar-refractivity contribution in [2.24, 2.45) is 5.92 Å². The van der Waals surface area contributed by atoms with E-state index in [1.54, 1.807) is 6.08 Å². The molecule has 0 spiro atoms. The number of unbranched alkanes of at least 4 members (excludes halogenated alkanes) is 1. The van der Waals surface area contributed by atoms with Gasteiger partial charge in [0.1, 0.15) is 11.7 Å². The highest BCUT2D eigenvalue weighted by atomic mass is 16.5. The van der Waals surface area contributed by atoms with Gasteiger partial charge in [-0.2, -0.15) is 0 Å². The first kappa shape index (κ1) is 10.8. The molecule has 0 bridgehead atoms. The molecule has 1 N–H and O–H groups in total. The summed E-state index contributed by atoms with van der Waals surface area (Å²) in [6.07, 6.45) is 8.01. The zero-order chi connectivity index (χ0) is 10.4. The Morgan fingerprint density at radius 3 is 3.14 bits per heavy atom. The molecule has 0 aromatic heterocycles. The quantitative estimate of drug-likeness (QED) is 0.686. The van der Waals surface area contributed by atoms with Gasteiger partial charge in [-0.05, 0) is 18.9 Å². The molecule has 3 heteroatoms. The molecule has 1 aliphatic carbocycles. The van der Waals surface area contributed by atoms with Crippen LogP contribution in [0.2, 0.25) is 0 Å². The second-order valence-electron chi connectivity index (χ2n) is 3.33. The molecule has 0 aliphatic heterocycles. The Hall–Kier alpha value is -1.25. The predicted octanol–water partition coefficient (Wildman–Crippen LogP) is 2.35. The third-order valence-corrected chi connectivity index (χ3v) is 2.18. The van der Waals surface area contributed by atoms with Gasteiger partial charge in [0, 0.05) is 0 Å². The lowest BCUT2D eigenvalue weighted by Crippen LogP contribution is -2.19. The number of ether oxygens (including phenoxy) is 1. The van der Waals surface area contributed by atoms with E-state index in [2.05, 4.69) is 6.92 Å². The molecule has 1 rings (SSSR count). The van der Waals surface area contributed by atoms with Crippen LogP contribution in [0.25, 0.3) is 0 Å². The lowest BCUT2D eigenvalue weighted by Gasteiger charge is -2.18. The highest BCUT2D eigenvalue weighted by Crippen LogP contribution is 2.21. The summed E-state index contributed by atoms with van der Waals surface area (Å²) in [5, 5.41) is 8.91. The number of hydrogen-bond acceptors (Lipinski definition) is 2. The molecule has 14 heavy (non-hydrogen) atoms. The van der Waals surface area contributed by atoms with E-state index in [0.717, 1.165) is 12.8 Å². The fraction of sp³-hybridized carbons (Fsp3) is 0.545. The van der Waals surface area contributed by atoms with Gasteiger partial charge in [0.15, 0.2) is 0 Å². The number of rotatable bonds is 5. The van der Waals surface area contributed by atoms with Crippen LogP contribution in [-0.4, -0.2) is 17.7 Å². The molecule has 1 aliphatic rings. The highest BCUT2D eigenvalue weighted by Gasteiger charge is 2.23. The monoisotopic (exact) mass is 196 g/mol. The Labute approximate surface area is 84.1 Å². The maximum absolute atomic E-state index is 10.8. The summed E-state index contributed by atoms with van der Waals surface area (Å²) >= 11 is 0. The van der Waals surface area contributed by atoms with Gasteiger partial charge in [0.2, 0.25) is 0 Å². The molecular formula is C11H16O3. The largest absolute Gasteiger partial charge is 0.497 e. The van der Waals surface area contributed by atoms with E-state index >= 15 is 0 Å². The summed E-state index contributed by atoms with van der Waals surface area (Å²) in [5.74, 6) is -0.706. The van der Waals surface area contributed by atoms with Crippen LogP contribution in [0.1, 0.15) is 26.2 Å². The van der Waals surface area contributed by atoms with Crippen molar-refractivity contribution < 1.29 is 14.6 Å². The first-order valence-electron chi connectivity index (χ1n) is 4.98. The number of hydrogen-bond donors (Lipinski definition) is 1. The summed E-state index contributed by atoms with van der Waals surface area (Å²) in [6.45, 7) is 2.69. The van der Waals surface area contributed by atoms with Crippen molar-refractivity contribution in [3.63, 3.8) is 0 Å². The summed E-state index contributed by atoms with van der Waals surface area (Å²) in [7, 11) is 0. The van der Waals surface area contributed by atoms with E-state index in [1.807, 2.05) is 12.2 Å². The zero-order valence-electron chi connectivity index (χ0n) is 8.40. The van der Waals surface area contributed by atoms with Crippen molar-refractivity contribution in [2.45, 2.75) is 26.2 Å². The number of allylic oxidation sites excluding steroid dienone is 3. The van der Waals surface area contributed by atoms with E-state index < -0.39 is 11.9 Å². The smallest absolute Gasteiger partial charge is 0.314 e. The SMILES string of the molecule is CCCCOC1=CC=CCC1C(=O)O. The fourth-order valence-corrected chi connectivity index (χ4v) is 1.32. The van der Waals surface area contributed by atoms with Crippen LogP contribution in [-0.2, 0) is 9.53 Å². The number of carbonyl (C=O) groups is 1. The van der Waals surface area contributed by atoms with E-state index in [-0.39, 0.29) is 0 Å². The van der Waals surface area contributed by atoms with Crippen LogP contribution in [0, 0.1) is 5.92 Å². The lowest BCUT2D eigenvalue weighted by molar-refractivity contribution is -0.141. The average Bonchev–Trinajstić information content (AvgIpc) is 2.19. The van der Waals surface area contributed by atoms with Gasteiger partial charge in [-0.25, -0.2) is 0 Å². The minimum atomic E-state index is -0.808. The molecule has 0 amide bonds. The molecule has 0 saturated heterocycles. The average molecular weight is 196 g/mol. The Balaban J connectivity index is 2.49. The molecule has 78 valence electrons. The third-order valence-electron chi connectivity index (χ3n) is 2.18. The van der Waals surface area contributed by atoms with Crippen LogP contribution in [0.5, 0.6) is 0 Å². The van der Waals surface area contributed by atoms with Crippen LogP contribution < -0.4 is 0 Å². The summed E-state index contributed by atoms with van der Waals surface area (Å²) < 4.78 is 5.43. The topological polar surface area (TPSA) is 46.5 Å². The van der Waals surface area contributed by atoms with E-state index in [1.165, 1.54) is 0 Å². The maximum atomic E-state index is 10.8. The minimum Gasteiger partial charge on any atom is -0.497 e. The van der Waals surface area contributed by atoms with Crippen molar-refractivity contribution >= 4 is 5.97 Å². The second kappa shape index (κ2) is 5.47. The molecule has 0 saturated carbocycles. The molecular weight excluding hydrogens is 180 g/mol. The molecule has 0 heterocycles.